The molecule has 0 aromatic heterocycles. The largest absolute Gasteiger partial charge is 0.454 e. The van der Waals surface area contributed by atoms with E-state index in [2.05, 4.69) is 0 Å². The zero-order chi connectivity index (χ0) is 54.9. The van der Waals surface area contributed by atoms with Gasteiger partial charge in [-0.05, 0) is 64.2 Å². The van der Waals surface area contributed by atoms with Crippen LogP contribution in [0.5, 0.6) is 0 Å². The van der Waals surface area contributed by atoms with Crippen LogP contribution in [0.2, 0.25) is 0 Å². The SMILES string of the molecule is COC1CC(C2[OH+]C3CC(O)CC(OC4OC(CO)C(O)C(O)C4O)C3CC2OC2OC(COC3OC(C)C(OC(=O)C=CC4CCC(OC5OC(CO)C(O)C(O)C5O)CC4)C(O)C3O)C(O)C(O)C2O)CCC1O. The highest BCUT2D eigenvalue weighted by atomic mass is 16.7. The summed E-state index contributed by atoms with van der Waals surface area (Å²) in [7, 11) is 1.48. The molecule has 0 amide bonds. The summed E-state index contributed by atoms with van der Waals surface area (Å²) in [6.07, 6.45) is -29.7. The molecule has 16 N–H and O–H groups in total. The van der Waals surface area contributed by atoms with Gasteiger partial charge in [0, 0.05) is 31.9 Å². The second kappa shape index (κ2) is 26.4. The quantitative estimate of drug-likeness (QED) is 0.0388. The van der Waals surface area contributed by atoms with E-state index in [4.69, 9.17) is 52.1 Å². The van der Waals surface area contributed by atoms with Crippen molar-refractivity contribution in [2.24, 2.45) is 17.8 Å². The molecule has 29 unspecified atom stereocenters. The lowest BCUT2D eigenvalue weighted by atomic mass is 9.72. The predicted molar refractivity (Wildman–Crippen MR) is 249 cm³/mol. The third-order valence-electron chi connectivity index (χ3n) is 16.8. The van der Waals surface area contributed by atoms with Crippen LogP contribution < -0.4 is 0 Å². The molecule has 0 radical (unpaired) electrons. The molecular weight excluding hydrogens is 1020 g/mol. The van der Waals surface area contributed by atoms with Crippen LogP contribution in [0.1, 0.15) is 71.1 Å². The Morgan fingerprint density at radius 2 is 1.12 bits per heavy atom. The average Bonchev–Trinajstić information content (AvgIpc) is 3.41. The Morgan fingerprint density at radius 1 is 0.566 bits per heavy atom. The maximum Gasteiger partial charge on any atom is 0.330 e. The van der Waals surface area contributed by atoms with Gasteiger partial charge in [0.2, 0.25) is 0 Å². The van der Waals surface area contributed by atoms with Crippen molar-refractivity contribution in [1.82, 2.24) is 0 Å². The van der Waals surface area contributed by atoms with E-state index in [9.17, 15) is 81.4 Å². The van der Waals surface area contributed by atoms with E-state index in [0.29, 0.717) is 44.9 Å². The Morgan fingerprint density at radius 3 is 1.71 bits per heavy atom. The van der Waals surface area contributed by atoms with E-state index in [1.165, 1.54) is 20.1 Å². The minimum absolute atomic E-state index is 0.0423. The molecule has 8 fully saturated rings. The van der Waals surface area contributed by atoms with E-state index < -0.39 is 197 Å². The van der Waals surface area contributed by atoms with Crippen molar-refractivity contribution in [3.63, 3.8) is 0 Å². The molecular formula is C49H81O27+. The van der Waals surface area contributed by atoms with E-state index in [-0.39, 0.29) is 37.2 Å². The van der Waals surface area contributed by atoms with Gasteiger partial charge in [-0.1, -0.05) is 6.08 Å². The van der Waals surface area contributed by atoms with Crippen molar-refractivity contribution in [2.45, 2.75) is 243 Å². The lowest BCUT2D eigenvalue weighted by molar-refractivity contribution is -0.370. The Bertz CT molecular complexity index is 1840. The van der Waals surface area contributed by atoms with Gasteiger partial charge in [0.1, 0.15) is 91.6 Å². The molecule has 8 aliphatic rings. The van der Waals surface area contributed by atoms with Crippen LogP contribution in [0, 0.1) is 17.8 Å². The first-order valence-electron chi connectivity index (χ1n) is 26.6. The number of ether oxygens (including phenoxy) is 11. The van der Waals surface area contributed by atoms with Gasteiger partial charge in [0.15, 0.2) is 43.5 Å². The number of hydrogen-bond donors (Lipinski definition) is 15. The highest BCUT2D eigenvalue weighted by Gasteiger charge is 2.57. The normalized spacial score (nSPS) is 51.5. The average molecular weight is 1100 g/mol. The van der Waals surface area contributed by atoms with Crippen molar-refractivity contribution in [1.29, 1.82) is 0 Å². The maximum atomic E-state index is 13.0. The molecule has 5 aliphatic heterocycles. The topological polar surface area (TPSA) is 426 Å². The number of methoxy groups -OCH3 is 1. The standard InChI is InChI=1S/C49H80O27/c1-18-44(76-32(54)10-5-19-3-7-22(8-4-19)69-47-40(62)36(58)33(55)29(15-50)73-47)39(61)43(65)46(68-18)67-17-31-35(57)38(60)42(64)49(75-31)72-28-14-23-25(70-45(28)20-6-9-24(53)27(11-20)66-2)12-21(52)13-26(23)71-48-41(63)37(59)34(56)30(16-51)74-48/h5,10,18-31,33-53,55-65H,3-4,6-9,11-17H2,1-2H3/p+1. The van der Waals surface area contributed by atoms with E-state index in [1.807, 2.05) is 0 Å². The Hall–Kier alpha value is -1.79. The summed E-state index contributed by atoms with van der Waals surface area (Å²) in [5.41, 5.74) is 0. The van der Waals surface area contributed by atoms with Crippen LogP contribution >= 0.6 is 0 Å². The minimum atomic E-state index is -1.85. The van der Waals surface area contributed by atoms with Crippen molar-refractivity contribution in [2.75, 3.05) is 26.9 Å². The fourth-order valence-corrected chi connectivity index (χ4v) is 12.2. The van der Waals surface area contributed by atoms with E-state index >= 15 is 0 Å². The van der Waals surface area contributed by atoms with Crippen molar-refractivity contribution in [3.05, 3.63) is 12.2 Å². The van der Waals surface area contributed by atoms with Crippen LogP contribution in [-0.4, -0.2) is 286 Å². The van der Waals surface area contributed by atoms with Gasteiger partial charge >= 0.3 is 5.97 Å². The highest BCUT2D eigenvalue weighted by molar-refractivity contribution is 5.82. The van der Waals surface area contributed by atoms with E-state index in [0.717, 1.165) is 0 Å². The number of carbonyl (C=O) groups is 1. The lowest BCUT2D eigenvalue weighted by Gasteiger charge is -2.50. The molecule has 3 saturated carbocycles. The molecule has 76 heavy (non-hydrogen) atoms. The van der Waals surface area contributed by atoms with Crippen LogP contribution in [0.25, 0.3) is 0 Å². The van der Waals surface area contributed by atoms with Gasteiger partial charge in [-0.15, -0.1) is 0 Å². The first-order chi connectivity index (χ1) is 36.2. The van der Waals surface area contributed by atoms with Crippen LogP contribution in [0.15, 0.2) is 12.2 Å². The summed E-state index contributed by atoms with van der Waals surface area (Å²) in [4.78, 5) is 13.0. The fourth-order valence-electron chi connectivity index (χ4n) is 12.2. The van der Waals surface area contributed by atoms with Crippen LogP contribution in [-0.2, 0) is 52.2 Å². The molecule has 29 atom stereocenters. The molecule has 8 rings (SSSR count). The number of fused-ring (bicyclic) bond motifs is 1. The van der Waals surface area contributed by atoms with Crippen molar-refractivity contribution in [3.8, 4) is 0 Å². The number of hydrogen-bond acceptors (Lipinski definition) is 26. The van der Waals surface area contributed by atoms with Crippen molar-refractivity contribution >= 4 is 5.97 Å². The zero-order valence-corrected chi connectivity index (χ0v) is 42.4. The van der Waals surface area contributed by atoms with E-state index in [1.54, 1.807) is 6.08 Å². The molecule has 3 aliphatic carbocycles. The number of aliphatic hydroxyl groups is 17. The number of aliphatic hydroxyl groups excluding tert-OH is 15. The van der Waals surface area contributed by atoms with Gasteiger partial charge in [0.05, 0.1) is 62.4 Å². The van der Waals surface area contributed by atoms with Crippen molar-refractivity contribution < 1.29 is 133 Å². The molecule has 0 spiro atoms. The molecule has 27 nitrogen and oxygen atoms in total. The third kappa shape index (κ3) is 13.4. The molecule has 0 aromatic carbocycles. The highest BCUT2D eigenvalue weighted by Crippen LogP contribution is 2.44. The Balaban J connectivity index is 0.866. The molecule has 0 bridgehead atoms. The summed E-state index contributed by atoms with van der Waals surface area (Å²) >= 11 is 0. The molecule has 0 aromatic rings. The first-order valence-corrected chi connectivity index (χ1v) is 26.6. The molecule has 27 heteroatoms. The molecule has 438 valence electrons. The second-order valence-electron chi connectivity index (χ2n) is 21.9. The fraction of sp³-hybridized carbons (Fsp3) is 0.939. The molecule has 5 heterocycles. The zero-order valence-electron chi connectivity index (χ0n) is 42.4. The smallest absolute Gasteiger partial charge is 0.330 e. The van der Waals surface area contributed by atoms with Gasteiger partial charge in [-0.25, -0.2) is 4.79 Å². The number of allylic oxidation sites excluding steroid dienone is 1. The summed E-state index contributed by atoms with van der Waals surface area (Å²) < 4.78 is 63.8. The number of esters is 1. The monoisotopic (exact) mass is 1100 g/mol. The number of carbonyl (C=O) groups excluding carboxylic acids is 1. The summed E-state index contributed by atoms with van der Waals surface area (Å²) in [5.74, 6) is -1.70. The summed E-state index contributed by atoms with van der Waals surface area (Å²) in [6.45, 7) is -0.382. The van der Waals surface area contributed by atoms with Gasteiger partial charge in [0.25, 0.3) is 0 Å². The van der Waals surface area contributed by atoms with Gasteiger partial charge in [-0.2, -0.15) is 0 Å². The maximum absolute atomic E-state index is 13.0. The summed E-state index contributed by atoms with van der Waals surface area (Å²) in [5, 5.41) is 159. The van der Waals surface area contributed by atoms with Crippen LogP contribution in [0.4, 0.5) is 0 Å². The summed E-state index contributed by atoms with van der Waals surface area (Å²) in [6, 6.07) is 0. The van der Waals surface area contributed by atoms with Crippen LogP contribution in [0.3, 0.4) is 0 Å². The lowest BCUT2D eigenvalue weighted by Crippen LogP contribution is -2.64. The Kier molecular flexibility index (Phi) is 21.0. The first kappa shape index (κ1) is 60.3. The molecule has 5 saturated heterocycles. The number of rotatable bonds is 16. The van der Waals surface area contributed by atoms with Gasteiger partial charge in [-0.3, -0.25) is 0 Å². The third-order valence-corrected chi connectivity index (χ3v) is 16.8. The minimum Gasteiger partial charge on any atom is -0.454 e. The Labute approximate surface area is 438 Å². The van der Waals surface area contributed by atoms with Gasteiger partial charge < -0.3 is 129 Å². The predicted octanol–water partition coefficient (Wildman–Crippen LogP) is -6.69. The second-order valence-corrected chi connectivity index (χ2v) is 21.9.